The summed E-state index contributed by atoms with van der Waals surface area (Å²) in [6.07, 6.45) is 11.3. The average molecular weight is 278 g/mol. The number of allylic oxidation sites excluding steroid dienone is 1. The van der Waals surface area contributed by atoms with Gasteiger partial charge in [-0.25, -0.2) is 0 Å². The zero-order chi connectivity index (χ0) is 14.2. The Kier molecular flexibility index (Phi) is 6.25. The first-order valence-corrected chi connectivity index (χ1v) is 7.90. The van der Waals surface area contributed by atoms with Crippen LogP contribution in [-0.2, 0) is 9.59 Å². The third-order valence-corrected chi connectivity index (χ3v) is 4.25. The van der Waals surface area contributed by atoms with Crippen LogP contribution in [-0.4, -0.2) is 43.3 Å². The van der Waals surface area contributed by atoms with Crippen molar-refractivity contribution in [1.82, 2.24) is 10.2 Å². The third-order valence-electron chi connectivity index (χ3n) is 4.25. The number of nitrogens with one attached hydrogen (secondary N) is 1. The van der Waals surface area contributed by atoms with Crippen molar-refractivity contribution < 1.29 is 9.59 Å². The molecule has 1 saturated heterocycles. The minimum atomic E-state index is 0.0907. The van der Waals surface area contributed by atoms with E-state index in [0.717, 1.165) is 45.2 Å². The summed E-state index contributed by atoms with van der Waals surface area (Å²) in [5.41, 5.74) is 1.50. The SMILES string of the molecule is O=CC1CCCN(CC(=O)NCCC2=CCCCC2)C1. The van der Waals surface area contributed by atoms with E-state index in [0.29, 0.717) is 6.54 Å². The molecule has 112 valence electrons. The van der Waals surface area contributed by atoms with E-state index in [2.05, 4.69) is 16.3 Å². The smallest absolute Gasteiger partial charge is 0.234 e. The molecule has 0 aromatic carbocycles. The average Bonchev–Trinajstić information content (AvgIpc) is 2.48. The van der Waals surface area contributed by atoms with Gasteiger partial charge in [-0.05, 0) is 51.5 Å². The van der Waals surface area contributed by atoms with Crippen LogP contribution in [0.25, 0.3) is 0 Å². The van der Waals surface area contributed by atoms with E-state index in [9.17, 15) is 9.59 Å². The first-order chi connectivity index (χ1) is 9.78. The summed E-state index contributed by atoms with van der Waals surface area (Å²) < 4.78 is 0. The monoisotopic (exact) mass is 278 g/mol. The number of rotatable bonds is 6. The molecule has 1 fully saturated rings. The predicted molar refractivity (Wildman–Crippen MR) is 79.4 cm³/mol. The van der Waals surface area contributed by atoms with E-state index in [4.69, 9.17) is 0 Å². The third kappa shape index (κ3) is 5.08. The van der Waals surface area contributed by atoms with Crippen molar-refractivity contribution in [3.63, 3.8) is 0 Å². The number of aldehydes is 1. The highest BCUT2D eigenvalue weighted by Gasteiger charge is 2.20. The van der Waals surface area contributed by atoms with Crippen molar-refractivity contribution in [3.8, 4) is 0 Å². The van der Waals surface area contributed by atoms with Crippen molar-refractivity contribution >= 4 is 12.2 Å². The van der Waals surface area contributed by atoms with Gasteiger partial charge in [0.15, 0.2) is 0 Å². The summed E-state index contributed by atoms with van der Waals surface area (Å²) in [7, 11) is 0. The van der Waals surface area contributed by atoms with Gasteiger partial charge in [-0.15, -0.1) is 0 Å². The van der Waals surface area contributed by atoms with Crippen LogP contribution in [0.1, 0.15) is 44.9 Å². The number of carbonyl (C=O) groups is 2. The second kappa shape index (κ2) is 8.20. The molecule has 0 bridgehead atoms. The summed E-state index contributed by atoms with van der Waals surface area (Å²) in [5, 5.41) is 3.00. The molecule has 0 aromatic rings. The largest absolute Gasteiger partial charge is 0.355 e. The maximum absolute atomic E-state index is 11.9. The van der Waals surface area contributed by atoms with Crippen LogP contribution in [0.3, 0.4) is 0 Å². The Balaban J connectivity index is 1.62. The summed E-state index contributed by atoms with van der Waals surface area (Å²) in [4.78, 5) is 24.8. The molecule has 0 spiro atoms. The highest BCUT2D eigenvalue weighted by atomic mass is 16.2. The standard InChI is InChI=1S/C16H26N2O2/c19-13-15-7-4-10-18(11-15)12-16(20)17-9-8-14-5-2-1-3-6-14/h5,13,15H,1-4,6-12H2,(H,17,20). The van der Waals surface area contributed by atoms with Crippen molar-refractivity contribution in [2.75, 3.05) is 26.2 Å². The molecule has 1 heterocycles. The maximum atomic E-state index is 11.9. The normalized spacial score (nSPS) is 24.0. The second-order valence-electron chi connectivity index (χ2n) is 5.98. The molecule has 2 aliphatic rings. The second-order valence-corrected chi connectivity index (χ2v) is 5.98. The lowest BCUT2D eigenvalue weighted by Crippen LogP contribution is -2.43. The lowest BCUT2D eigenvalue weighted by atomic mass is 9.97. The molecule has 4 nitrogen and oxygen atoms in total. The number of hydrogen-bond acceptors (Lipinski definition) is 3. The maximum Gasteiger partial charge on any atom is 0.234 e. The fourth-order valence-corrected chi connectivity index (χ4v) is 3.10. The van der Waals surface area contributed by atoms with Gasteiger partial charge in [-0.1, -0.05) is 11.6 Å². The quantitative estimate of drug-likeness (QED) is 0.596. The molecule has 20 heavy (non-hydrogen) atoms. The Morgan fingerprint density at radius 2 is 2.30 bits per heavy atom. The summed E-state index contributed by atoms with van der Waals surface area (Å²) in [6.45, 7) is 2.85. The Bertz CT molecular complexity index is 365. The molecule has 1 amide bonds. The van der Waals surface area contributed by atoms with E-state index < -0.39 is 0 Å². The highest BCUT2D eigenvalue weighted by molar-refractivity contribution is 5.78. The molecule has 4 heteroatoms. The van der Waals surface area contributed by atoms with E-state index in [1.807, 2.05) is 0 Å². The predicted octanol–water partition coefficient (Wildman–Crippen LogP) is 1.90. The summed E-state index contributed by atoms with van der Waals surface area (Å²) in [6, 6.07) is 0. The minimum Gasteiger partial charge on any atom is -0.355 e. The van der Waals surface area contributed by atoms with Gasteiger partial charge >= 0.3 is 0 Å². The molecular formula is C16H26N2O2. The van der Waals surface area contributed by atoms with Gasteiger partial charge in [0.2, 0.25) is 5.91 Å². The van der Waals surface area contributed by atoms with E-state index >= 15 is 0 Å². The summed E-state index contributed by atoms with van der Waals surface area (Å²) >= 11 is 0. The van der Waals surface area contributed by atoms with Crippen LogP contribution in [0.2, 0.25) is 0 Å². The van der Waals surface area contributed by atoms with Crippen LogP contribution >= 0.6 is 0 Å². The van der Waals surface area contributed by atoms with Crippen molar-refractivity contribution in [3.05, 3.63) is 11.6 Å². The summed E-state index contributed by atoms with van der Waals surface area (Å²) in [5.74, 6) is 0.205. The number of likely N-dealkylation sites (tertiary alicyclic amines) is 1. The van der Waals surface area contributed by atoms with Crippen LogP contribution in [0, 0.1) is 5.92 Å². The molecule has 0 radical (unpaired) electrons. The van der Waals surface area contributed by atoms with Crippen molar-refractivity contribution in [2.45, 2.75) is 44.9 Å². The Morgan fingerprint density at radius 3 is 3.05 bits per heavy atom. The van der Waals surface area contributed by atoms with E-state index in [1.54, 1.807) is 0 Å². The number of amides is 1. The van der Waals surface area contributed by atoms with E-state index in [-0.39, 0.29) is 11.8 Å². The number of carbonyl (C=O) groups excluding carboxylic acids is 2. The Labute approximate surface area is 121 Å². The molecule has 1 atom stereocenters. The van der Waals surface area contributed by atoms with Gasteiger partial charge in [0.1, 0.15) is 6.29 Å². The fraction of sp³-hybridized carbons (Fsp3) is 0.750. The van der Waals surface area contributed by atoms with Crippen molar-refractivity contribution in [2.24, 2.45) is 5.92 Å². The van der Waals surface area contributed by atoms with Crippen LogP contribution in [0.15, 0.2) is 11.6 Å². The lowest BCUT2D eigenvalue weighted by molar-refractivity contribution is -0.123. The van der Waals surface area contributed by atoms with Gasteiger partial charge in [0.05, 0.1) is 6.54 Å². The Morgan fingerprint density at radius 1 is 1.40 bits per heavy atom. The van der Waals surface area contributed by atoms with Crippen LogP contribution in [0.5, 0.6) is 0 Å². The number of nitrogens with zero attached hydrogens (tertiary/aromatic N) is 1. The minimum absolute atomic E-state index is 0.0907. The van der Waals surface area contributed by atoms with Crippen molar-refractivity contribution in [1.29, 1.82) is 0 Å². The molecule has 0 saturated carbocycles. The van der Waals surface area contributed by atoms with Gasteiger partial charge in [0, 0.05) is 19.0 Å². The molecule has 1 N–H and O–H groups in total. The fourth-order valence-electron chi connectivity index (χ4n) is 3.10. The van der Waals surface area contributed by atoms with E-state index in [1.165, 1.54) is 31.3 Å². The molecule has 1 aliphatic heterocycles. The van der Waals surface area contributed by atoms with Gasteiger partial charge in [-0.3, -0.25) is 9.69 Å². The number of hydrogen-bond donors (Lipinski definition) is 1. The molecule has 0 aromatic heterocycles. The zero-order valence-corrected chi connectivity index (χ0v) is 12.3. The van der Waals surface area contributed by atoms with Gasteiger partial charge in [0.25, 0.3) is 0 Å². The van der Waals surface area contributed by atoms with Crippen LogP contribution < -0.4 is 5.32 Å². The zero-order valence-electron chi connectivity index (χ0n) is 12.3. The van der Waals surface area contributed by atoms with Gasteiger partial charge in [-0.2, -0.15) is 0 Å². The van der Waals surface area contributed by atoms with Crippen LogP contribution in [0.4, 0.5) is 0 Å². The molecular weight excluding hydrogens is 252 g/mol. The molecule has 2 rings (SSSR count). The number of piperidine rings is 1. The molecule has 1 aliphatic carbocycles. The Hall–Kier alpha value is -1.16. The van der Waals surface area contributed by atoms with Gasteiger partial charge < -0.3 is 10.1 Å². The topological polar surface area (TPSA) is 49.4 Å². The first kappa shape index (κ1) is 15.2. The molecule has 1 unspecified atom stereocenters. The lowest BCUT2D eigenvalue weighted by Gasteiger charge is -2.29. The highest BCUT2D eigenvalue weighted by Crippen LogP contribution is 2.19. The first-order valence-electron chi connectivity index (χ1n) is 7.90.